The van der Waals surface area contributed by atoms with Gasteiger partial charge in [0, 0.05) is 18.3 Å². The minimum Gasteiger partial charge on any atom is -0.497 e. The van der Waals surface area contributed by atoms with Gasteiger partial charge in [-0.05, 0) is 37.3 Å². The maximum absolute atomic E-state index is 13.4. The van der Waals surface area contributed by atoms with Gasteiger partial charge in [0.15, 0.2) is 0 Å². The number of ether oxygens (including phenoxy) is 2. The Hall–Kier alpha value is -2.76. The average molecular weight is 332 g/mol. The summed E-state index contributed by atoms with van der Waals surface area (Å²) in [7, 11) is 3.08. The number of carbonyl (C=O) groups is 1. The van der Waals surface area contributed by atoms with Crippen LogP contribution < -0.4 is 19.7 Å². The van der Waals surface area contributed by atoms with Crippen molar-refractivity contribution in [2.24, 2.45) is 0 Å². The van der Waals surface area contributed by atoms with Crippen LogP contribution in [0.3, 0.4) is 0 Å². The van der Waals surface area contributed by atoms with Crippen LogP contribution in [-0.4, -0.2) is 33.2 Å². The SMILES string of the molecule is CCN(CC(=O)Nc1cc(OC)ccc1OC)c1cccc(F)c1. The van der Waals surface area contributed by atoms with Crippen LogP contribution in [0, 0.1) is 5.82 Å². The molecule has 1 amide bonds. The summed E-state index contributed by atoms with van der Waals surface area (Å²) in [5.74, 6) is 0.593. The van der Waals surface area contributed by atoms with Gasteiger partial charge in [0.05, 0.1) is 26.5 Å². The first-order valence-electron chi connectivity index (χ1n) is 7.59. The third-order valence-corrected chi connectivity index (χ3v) is 3.57. The van der Waals surface area contributed by atoms with Crippen molar-refractivity contribution < 1.29 is 18.7 Å². The molecule has 0 fully saturated rings. The zero-order chi connectivity index (χ0) is 17.5. The van der Waals surface area contributed by atoms with E-state index >= 15 is 0 Å². The summed E-state index contributed by atoms with van der Waals surface area (Å²) in [6.45, 7) is 2.58. The smallest absolute Gasteiger partial charge is 0.243 e. The molecular formula is C18H21FN2O3. The quantitative estimate of drug-likeness (QED) is 0.845. The second-order valence-corrected chi connectivity index (χ2v) is 5.11. The number of carbonyl (C=O) groups excluding carboxylic acids is 1. The van der Waals surface area contributed by atoms with Crippen molar-refractivity contribution in [1.29, 1.82) is 0 Å². The highest BCUT2D eigenvalue weighted by molar-refractivity contribution is 5.95. The Kier molecular flexibility index (Phi) is 6.01. The molecule has 0 spiro atoms. The molecule has 2 aromatic carbocycles. The monoisotopic (exact) mass is 332 g/mol. The summed E-state index contributed by atoms with van der Waals surface area (Å²) < 4.78 is 23.8. The fourth-order valence-electron chi connectivity index (χ4n) is 2.33. The number of likely N-dealkylation sites (N-methyl/N-ethyl adjacent to an activating group) is 1. The predicted octanol–water partition coefficient (Wildman–Crippen LogP) is 3.31. The number of hydrogen-bond acceptors (Lipinski definition) is 4. The lowest BCUT2D eigenvalue weighted by molar-refractivity contribution is -0.115. The summed E-state index contributed by atoms with van der Waals surface area (Å²) >= 11 is 0. The zero-order valence-electron chi connectivity index (χ0n) is 14.0. The van der Waals surface area contributed by atoms with Gasteiger partial charge in [-0.1, -0.05) is 6.07 Å². The number of nitrogens with one attached hydrogen (secondary N) is 1. The van der Waals surface area contributed by atoms with Crippen molar-refractivity contribution in [3.05, 3.63) is 48.3 Å². The van der Waals surface area contributed by atoms with Crippen LogP contribution in [0.5, 0.6) is 11.5 Å². The summed E-state index contributed by atoms with van der Waals surface area (Å²) in [4.78, 5) is 14.1. The van der Waals surface area contributed by atoms with Crippen molar-refractivity contribution in [2.45, 2.75) is 6.92 Å². The minimum absolute atomic E-state index is 0.0975. The Morgan fingerprint density at radius 3 is 2.58 bits per heavy atom. The van der Waals surface area contributed by atoms with Crippen LogP contribution in [0.4, 0.5) is 15.8 Å². The fraction of sp³-hybridized carbons (Fsp3) is 0.278. The lowest BCUT2D eigenvalue weighted by Gasteiger charge is -2.22. The summed E-state index contributed by atoms with van der Waals surface area (Å²) in [5, 5.41) is 2.81. The van der Waals surface area contributed by atoms with Gasteiger partial charge in [-0.2, -0.15) is 0 Å². The molecule has 0 aliphatic heterocycles. The Morgan fingerprint density at radius 1 is 1.17 bits per heavy atom. The second kappa shape index (κ2) is 8.19. The van der Waals surface area contributed by atoms with Gasteiger partial charge < -0.3 is 19.7 Å². The van der Waals surface area contributed by atoms with Crippen molar-refractivity contribution in [2.75, 3.05) is 37.5 Å². The number of methoxy groups -OCH3 is 2. The lowest BCUT2D eigenvalue weighted by Crippen LogP contribution is -2.33. The van der Waals surface area contributed by atoms with Gasteiger partial charge in [-0.25, -0.2) is 4.39 Å². The van der Waals surface area contributed by atoms with Crippen molar-refractivity contribution in [3.8, 4) is 11.5 Å². The molecule has 0 aromatic heterocycles. The highest BCUT2D eigenvalue weighted by atomic mass is 19.1. The maximum Gasteiger partial charge on any atom is 0.243 e. The first-order chi connectivity index (χ1) is 11.6. The standard InChI is InChI=1S/C18H21FN2O3/c1-4-21(14-7-5-6-13(19)10-14)12-18(22)20-16-11-15(23-2)8-9-17(16)24-3/h5-11H,4,12H2,1-3H3,(H,20,22). The highest BCUT2D eigenvalue weighted by Crippen LogP contribution is 2.29. The maximum atomic E-state index is 13.4. The van der Waals surface area contributed by atoms with Crippen LogP contribution >= 0.6 is 0 Å². The third-order valence-electron chi connectivity index (χ3n) is 3.57. The van der Waals surface area contributed by atoms with Gasteiger partial charge in [0.25, 0.3) is 0 Å². The van der Waals surface area contributed by atoms with Gasteiger partial charge in [-0.15, -0.1) is 0 Å². The second-order valence-electron chi connectivity index (χ2n) is 5.11. The van der Waals surface area contributed by atoms with E-state index in [1.165, 1.54) is 19.2 Å². The molecule has 2 aromatic rings. The fourth-order valence-corrected chi connectivity index (χ4v) is 2.33. The van der Waals surface area contributed by atoms with E-state index in [4.69, 9.17) is 9.47 Å². The number of rotatable bonds is 7. The molecule has 0 aliphatic carbocycles. The molecule has 2 rings (SSSR count). The summed E-state index contributed by atoms with van der Waals surface area (Å²) in [6.07, 6.45) is 0. The van der Waals surface area contributed by atoms with E-state index in [0.29, 0.717) is 29.4 Å². The third kappa shape index (κ3) is 4.38. The van der Waals surface area contributed by atoms with Crippen molar-refractivity contribution in [1.82, 2.24) is 0 Å². The van der Waals surface area contributed by atoms with Crippen LogP contribution in [0.1, 0.15) is 6.92 Å². The first-order valence-corrected chi connectivity index (χ1v) is 7.59. The normalized spacial score (nSPS) is 10.2. The summed E-state index contributed by atoms with van der Waals surface area (Å²) in [5.41, 5.74) is 1.18. The van der Waals surface area contributed by atoms with Crippen molar-refractivity contribution >= 4 is 17.3 Å². The molecule has 0 aliphatic rings. The average Bonchev–Trinajstić information content (AvgIpc) is 2.59. The molecule has 1 N–H and O–H groups in total. The van der Waals surface area contributed by atoms with E-state index in [2.05, 4.69) is 5.32 Å². The molecule has 0 unspecified atom stereocenters. The van der Waals surface area contributed by atoms with E-state index in [1.54, 1.807) is 42.3 Å². The number of amides is 1. The Morgan fingerprint density at radius 2 is 1.96 bits per heavy atom. The Balaban J connectivity index is 2.12. The van der Waals surface area contributed by atoms with Crippen LogP contribution in [0.15, 0.2) is 42.5 Å². The van der Waals surface area contributed by atoms with E-state index in [1.807, 2.05) is 6.92 Å². The topological polar surface area (TPSA) is 50.8 Å². The van der Waals surface area contributed by atoms with E-state index in [9.17, 15) is 9.18 Å². The number of benzene rings is 2. The summed E-state index contributed by atoms with van der Waals surface area (Å²) in [6, 6.07) is 11.3. The molecule has 0 bridgehead atoms. The van der Waals surface area contributed by atoms with E-state index < -0.39 is 0 Å². The molecule has 0 heterocycles. The molecule has 0 saturated heterocycles. The highest BCUT2D eigenvalue weighted by Gasteiger charge is 2.13. The molecule has 0 radical (unpaired) electrons. The lowest BCUT2D eigenvalue weighted by atomic mass is 10.2. The molecule has 24 heavy (non-hydrogen) atoms. The minimum atomic E-state index is -0.333. The Labute approximate surface area is 141 Å². The number of anilines is 2. The van der Waals surface area contributed by atoms with Gasteiger partial charge >= 0.3 is 0 Å². The number of nitrogens with zero attached hydrogens (tertiary/aromatic N) is 1. The number of halogens is 1. The molecule has 5 nitrogen and oxygen atoms in total. The molecule has 0 atom stereocenters. The van der Waals surface area contributed by atoms with Crippen LogP contribution in [0.25, 0.3) is 0 Å². The molecule has 128 valence electrons. The Bertz CT molecular complexity index is 706. The largest absolute Gasteiger partial charge is 0.497 e. The van der Waals surface area contributed by atoms with Crippen LogP contribution in [-0.2, 0) is 4.79 Å². The molecule has 0 saturated carbocycles. The van der Waals surface area contributed by atoms with Gasteiger partial charge in [0.1, 0.15) is 17.3 Å². The molecule has 6 heteroatoms. The van der Waals surface area contributed by atoms with E-state index in [0.717, 1.165) is 0 Å². The van der Waals surface area contributed by atoms with Crippen molar-refractivity contribution in [3.63, 3.8) is 0 Å². The van der Waals surface area contributed by atoms with Gasteiger partial charge in [-0.3, -0.25) is 4.79 Å². The van der Waals surface area contributed by atoms with Gasteiger partial charge in [0.2, 0.25) is 5.91 Å². The first kappa shape index (κ1) is 17.6. The number of hydrogen-bond donors (Lipinski definition) is 1. The molecular weight excluding hydrogens is 311 g/mol. The van der Waals surface area contributed by atoms with E-state index in [-0.39, 0.29) is 18.3 Å². The zero-order valence-corrected chi connectivity index (χ0v) is 14.0. The van der Waals surface area contributed by atoms with Crippen LogP contribution in [0.2, 0.25) is 0 Å². The predicted molar refractivity (Wildman–Crippen MR) is 92.5 cm³/mol.